The van der Waals surface area contributed by atoms with E-state index >= 15 is 0 Å². The van der Waals surface area contributed by atoms with Crippen LogP contribution in [0.1, 0.15) is 0 Å². The number of aromatic nitrogens is 4. The smallest absolute Gasteiger partial charge is 0.234 e. The Hall–Kier alpha value is -3.07. The van der Waals surface area contributed by atoms with Crippen LogP contribution in [0.2, 0.25) is 10.0 Å². The third-order valence-corrected chi connectivity index (χ3v) is 5.84. The van der Waals surface area contributed by atoms with Gasteiger partial charge in [0.05, 0.1) is 18.6 Å². The summed E-state index contributed by atoms with van der Waals surface area (Å²) in [5, 5.41) is 13.2. The second-order valence-corrected chi connectivity index (χ2v) is 8.35. The van der Waals surface area contributed by atoms with Gasteiger partial charge in [0, 0.05) is 33.7 Å². The molecule has 4 rings (SSSR count). The lowest BCUT2D eigenvalue weighted by molar-refractivity contribution is -0.113. The Morgan fingerprint density at radius 2 is 1.75 bits per heavy atom. The van der Waals surface area contributed by atoms with Crippen molar-refractivity contribution in [1.82, 2.24) is 19.7 Å². The number of nitrogens with one attached hydrogen (secondary N) is 1. The fourth-order valence-corrected chi connectivity index (χ4v) is 4.02. The third-order valence-electron chi connectivity index (χ3n) is 4.42. The monoisotopic (exact) mass is 485 g/mol. The van der Waals surface area contributed by atoms with Crippen molar-refractivity contribution < 1.29 is 9.53 Å². The first-order valence-electron chi connectivity index (χ1n) is 9.43. The summed E-state index contributed by atoms with van der Waals surface area (Å²) in [6.07, 6.45) is 3.38. The summed E-state index contributed by atoms with van der Waals surface area (Å²) < 4.78 is 7.16. The molecule has 0 spiro atoms. The highest BCUT2D eigenvalue weighted by Gasteiger charge is 2.18. The van der Waals surface area contributed by atoms with Gasteiger partial charge in [0.2, 0.25) is 5.91 Å². The number of benzene rings is 2. The largest absolute Gasteiger partial charge is 0.495 e. The van der Waals surface area contributed by atoms with Crippen LogP contribution >= 0.6 is 35.0 Å². The van der Waals surface area contributed by atoms with Crippen molar-refractivity contribution in [3.05, 3.63) is 77.0 Å². The lowest BCUT2D eigenvalue weighted by Gasteiger charge is -2.12. The van der Waals surface area contributed by atoms with Gasteiger partial charge in [-0.2, -0.15) is 0 Å². The molecule has 162 valence electrons. The maximum Gasteiger partial charge on any atom is 0.234 e. The minimum Gasteiger partial charge on any atom is -0.495 e. The minimum atomic E-state index is -0.230. The molecule has 2 aromatic carbocycles. The fraction of sp³-hybridized carbons (Fsp3) is 0.0909. The number of methoxy groups -OCH3 is 1. The van der Waals surface area contributed by atoms with Gasteiger partial charge < -0.3 is 10.1 Å². The first-order valence-corrected chi connectivity index (χ1v) is 11.2. The topological polar surface area (TPSA) is 81.9 Å². The predicted molar refractivity (Wildman–Crippen MR) is 127 cm³/mol. The molecular formula is C22H17Cl2N5O2S. The number of hydrogen-bond acceptors (Lipinski definition) is 6. The number of ether oxygens (including phenoxy) is 1. The molecule has 0 aliphatic heterocycles. The molecule has 1 N–H and O–H groups in total. The quantitative estimate of drug-likeness (QED) is 0.354. The van der Waals surface area contributed by atoms with Gasteiger partial charge in [-0.1, -0.05) is 35.0 Å². The van der Waals surface area contributed by atoms with Crippen molar-refractivity contribution >= 4 is 46.6 Å². The van der Waals surface area contributed by atoms with Crippen molar-refractivity contribution in [2.24, 2.45) is 0 Å². The highest BCUT2D eigenvalue weighted by atomic mass is 35.5. The predicted octanol–water partition coefficient (Wildman–Crippen LogP) is 5.38. The van der Waals surface area contributed by atoms with Crippen LogP contribution in [-0.4, -0.2) is 38.5 Å². The van der Waals surface area contributed by atoms with E-state index < -0.39 is 0 Å². The van der Waals surface area contributed by atoms with Crippen LogP contribution in [0.3, 0.4) is 0 Å². The van der Waals surface area contributed by atoms with Crippen LogP contribution in [0.25, 0.3) is 17.1 Å². The molecule has 0 atom stereocenters. The maximum absolute atomic E-state index is 12.6. The van der Waals surface area contributed by atoms with E-state index in [1.165, 1.54) is 18.9 Å². The van der Waals surface area contributed by atoms with Gasteiger partial charge in [-0.3, -0.25) is 14.3 Å². The van der Waals surface area contributed by atoms with Crippen molar-refractivity contribution in [3.63, 3.8) is 0 Å². The normalized spacial score (nSPS) is 10.7. The lowest BCUT2D eigenvalue weighted by atomic mass is 10.2. The van der Waals surface area contributed by atoms with E-state index in [2.05, 4.69) is 20.5 Å². The molecule has 0 radical (unpaired) electrons. The molecule has 4 aromatic rings. The molecule has 0 aliphatic rings. The third kappa shape index (κ3) is 5.04. The molecule has 2 aromatic heterocycles. The molecule has 10 heteroatoms. The molecule has 1 amide bonds. The number of carbonyl (C=O) groups excluding carboxylic acids is 1. The van der Waals surface area contributed by atoms with E-state index in [0.717, 1.165) is 11.3 Å². The van der Waals surface area contributed by atoms with E-state index in [4.69, 9.17) is 27.9 Å². The highest BCUT2D eigenvalue weighted by molar-refractivity contribution is 7.99. The first-order chi connectivity index (χ1) is 15.5. The molecule has 0 bridgehead atoms. The standard InChI is InChI=1S/C22H17Cl2N5O2S/c1-31-19-7-4-16(24)12-18(19)26-20(30)13-32-22-28-27-21(14-8-10-25-11-9-14)29(22)17-5-2-15(23)3-6-17/h2-12H,13H2,1H3,(H,26,30). The summed E-state index contributed by atoms with van der Waals surface area (Å²) in [5.74, 6) is 1.04. The van der Waals surface area contributed by atoms with E-state index in [1.54, 1.807) is 42.7 Å². The molecule has 0 aliphatic carbocycles. The van der Waals surface area contributed by atoms with E-state index in [9.17, 15) is 4.79 Å². The zero-order chi connectivity index (χ0) is 22.5. The second kappa shape index (κ2) is 10.0. The van der Waals surface area contributed by atoms with Crippen molar-refractivity contribution in [1.29, 1.82) is 0 Å². The van der Waals surface area contributed by atoms with Crippen LogP contribution in [0.15, 0.2) is 72.1 Å². The molecule has 32 heavy (non-hydrogen) atoms. The Morgan fingerprint density at radius 1 is 1.03 bits per heavy atom. The average Bonchev–Trinajstić information content (AvgIpc) is 3.23. The zero-order valence-corrected chi connectivity index (χ0v) is 19.2. The van der Waals surface area contributed by atoms with Crippen LogP contribution in [0.5, 0.6) is 5.75 Å². The molecule has 2 heterocycles. The number of pyridine rings is 1. The second-order valence-electron chi connectivity index (χ2n) is 6.54. The Labute approximate surface area is 198 Å². The molecular weight excluding hydrogens is 469 g/mol. The van der Waals surface area contributed by atoms with Gasteiger partial charge in [-0.15, -0.1) is 10.2 Å². The molecule has 0 saturated heterocycles. The number of anilines is 1. The van der Waals surface area contributed by atoms with E-state index in [-0.39, 0.29) is 11.7 Å². The van der Waals surface area contributed by atoms with Crippen molar-refractivity contribution in [2.45, 2.75) is 5.16 Å². The average molecular weight is 486 g/mol. The number of halogens is 2. The van der Waals surface area contributed by atoms with E-state index in [1.807, 2.05) is 28.8 Å². The van der Waals surface area contributed by atoms with Crippen LogP contribution in [0.4, 0.5) is 5.69 Å². The summed E-state index contributed by atoms with van der Waals surface area (Å²) in [7, 11) is 1.53. The summed E-state index contributed by atoms with van der Waals surface area (Å²) in [6, 6.07) is 16.1. The Kier molecular flexibility index (Phi) is 6.94. The molecule has 7 nitrogen and oxygen atoms in total. The lowest BCUT2D eigenvalue weighted by Crippen LogP contribution is -2.15. The highest BCUT2D eigenvalue weighted by Crippen LogP contribution is 2.30. The molecule has 0 saturated carbocycles. The summed E-state index contributed by atoms with van der Waals surface area (Å²) >= 11 is 13.4. The molecule has 0 fully saturated rings. The summed E-state index contributed by atoms with van der Waals surface area (Å²) in [4.78, 5) is 16.7. The first kappa shape index (κ1) is 22.1. The van der Waals surface area contributed by atoms with Gasteiger partial charge in [0.1, 0.15) is 5.75 Å². The van der Waals surface area contributed by atoms with E-state index in [0.29, 0.717) is 32.5 Å². The van der Waals surface area contributed by atoms with Crippen LogP contribution < -0.4 is 10.1 Å². The number of hydrogen-bond donors (Lipinski definition) is 1. The summed E-state index contributed by atoms with van der Waals surface area (Å²) in [6.45, 7) is 0. The van der Waals surface area contributed by atoms with Gasteiger partial charge in [0.15, 0.2) is 11.0 Å². The van der Waals surface area contributed by atoms with Gasteiger partial charge in [-0.05, 0) is 54.6 Å². The SMILES string of the molecule is COc1ccc(Cl)cc1NC(=O)CSc1nnc(-c2ccncc2)n1-c1ccc(Cl)cc1. The number of amides is 1. The van der Waals surface area contributed by atoms with Gasteiger partial charge >= 0.3 is 0 Å². The summed E-state index contributed by atoms with van der Waals surface area (Å²) in [5.41, 5.74) is 2.18. The van der Waals surface area contributed by atoms with Gasteiger partial charge in [0.25, 0.3) is 0 Å². The Morgan fingerprint density at radius 3 is 2.47 bits per heavy atom. The van der Waals surface area contributed by atoms with Crippen LogP contribution in [-0.2, 0) is 4.79 Å². The fourth-order valence-electron chi connectivity index (χ4n) is 2.97. The number of carbonyl (C=O) groups is 1. The number of rotatable bonds is 7. The molecule has 0 unspecified atom stereocenters. The number of thioether (sulfide) groups is 1. The minimum absolute atomic E-state index is 0.109. The van der Waals surface area contributed by atoms with Crippen molar-refractivity contribution in [2.75, 3.05) is 18.2 Å². The number of nitrogens with zero attached hydrogens (tertiary/aromatic N) is 4. The van der Waals surface area contributed by atoms with Crippen molar-refractivity contribution in [3.8, 4) is 22.8 Å². The Balaban J connectivity index is 1.59. The van der Waals surface area contributed by atoms with Gasteiger partial charge in [-0.25, -0.2) is 0 Å². The maximum atomic E-state index is 12.6. The Bertz CT molecular complexity index is 1230. The van der Waals surface area contributed by atoms with Crippen LogP contribution in [0, 0.1) is 0 Å². The zero-order valence-electron chi connectivity index (χ0n) is 16.8.